The Bertz CT molecular complexity index is 803. The Morgan fingerprint density at radius 2 is 2.09 bits per heavy atom. The van der Waals surface area contributed by atoms with Gasteiger partial charge in [-0.1, -0.05) is 10.6 Å². The van der Waals surface area contributed by atoms with E-state index >= 15 is 0 Å². The summed E-state index contributed by atoms with van der Waals surface area (Å²) >= 11 is 1.69. The smallest absolute Gasteiger partial charge is 0.348 e. The van der Waals surface area contributed by atoms with E-state index in [-0.39, 0.29) is 0 Å². The van der Waals surface area contributed by atoms with E-state index in [9.17, 15) is 0 Å². The summed E-state index contributed by atoms with van der Waals surface area (Å²) in [5, 5.41) is 11.3. The molecule has 0 amide bonds. The van der Waals surface area contributed by atoms with Crippen LogP contribution in [0, 0.1) is 0 Å². The number of anilines is 1. The van der Waals surface area contributed by atoms with Crippen LogP contribution >= 0.6 is 11.3 Å². The van der Waals surface area contributed by atoms with Gasteiger partial charge in [-0.25, -0.2) is 4.98 Å². The minimum Gasteiger partial charge on any atom is -0.348 e. The van der Waals surface area contributed by atoms with Gasteiger partial charge in [0.1, 0.15) is 6.54 Å². The number of hydrogen-bond acceptors (Lipinski definition) is 6. The van der Waals surface area contributed by atoms with Crippen molar-refractivity contribution in [3.05, 3.63) is 23.7 Å². The third kappa shape index (κ3) is 2.57. The van der Waals surface area contributed by atoms with Crippen molar-refractivity contribution in [1.82, 2.24) is 25.0 Å². The Morgan fingerprint density at radius 3 is 2.78 bits per heavy atom. The molecule has 23 heavy (non-hydrogen) atoms. The molecule has 0 atom stereocenters. The molecule has 120 valence electrons. The van der Waals surface area contributed by atoms with Crippen LogP contribution in [0.1, 0.15) is 6.92 Å². The van der Waals surface area contributed by atoms with Crippen molar-refractivity contribution in [1.29, 1.82) is 0 Å². The Morgan fingerprint density at radius 1 is 1.26 bits per heavy atom. The van der Waals surface area contributed by atoms with Crippen molar-refractivity contribution >= 4 is 22.8 Å². The molecule has 0 unspecified atom stereocenters. The predicted molar refractivity (Wildman–Crippen MR) is 89.7 cm³/mol. The fourth-order valence-electron chi connectivity index (χ4n) is 2.82. The van der Waals surface area contributed by atoms with Gasteiger partial charge in [0.2, 0.25) is 5.82 Å². The largest absolute Gasteiger partial charge is 0.370 e. The number of likely N-dealkylation sites (N-methyl/N-ethyl adjacent to an activating group) is 1. The van der Waals surface area contributed by atoms with Crippen LogP contribution in [-0.4, -0.2) is 58.2 Å². The lowest BCUT2D eigenvalue weighted by atomic mass is 10.3. The third-order valence-electron chi connectivity index (χ3n) is 4.20. The monoisotopic (exact) mass is 330 g/mol. The lowest BCUT2D eigenvalue weighted by Gasteiger charge is -2.32. The molecule has 0 aliphatic carbocycles. The van der Waals surface area contributed by atoms with E-state index in [4.69, 9.17) is 4.98 Å². The molecule has 0 radical (unpaired) electrons. The number of aryl methyl sites for hydroxylation is 1. The highest BCUT2D eigenvalue weighted by Gasteiger charge is 2.27. The number of fused-ring (bicyclic) bond motifs is 1. The van der Waals surface area contributed by atoms with Gasteiger partial charge in [-0.15, -0.1) is 11.3 Å². The van der Waals surface area contributed by atoms with Gasteiger partial charge in [-0.3, -0.25) is 0 Å². The lowest BCUT2D eigenvalue weighted by molar-refractivity contribution is -0.573. The topological polar surface area (TPSA) is 54.2 Å². The third-order valence-corrected chi connectivity index (χ3v) is 5.09. The molecule has 0 bridgehead atoms. The second kappa shape index (κ2) is 5.86. The number of thiophene rings is 1. The molecule has 3 aromatic heterocycles. The minimum atomic E-state index is 0.744. The number of nitrogens with zero attached hydrogens (tertiary/aromatic N) is 7. The summed E-state index contributed by atoms with van der Waals surface area (Å²) in [6, 6.07) is 4.14. The number of aromatic nitrogens is 5. The first-order chi connectivity index (χ1) is 11.3. The molecule has 1 aliphatic rings. The van der Waals surface area contributed by atoms with Crippen LogP contribution in [0.3, 0.4) is 0 Å². The van der Waals surface area contributed by atoms with Crippen molar-refractivity contribution in [2.45, 2.75) is 13.5 Å². The molecular formula is C15H20N7S+. The van der Waals surface area contributed by atoms with Gasteiger partial charge < -0.3 is 9.80 Å². The molecular weight excluding hydrogens is 310 g/mol. The Balaban J connectivity index is 1.83. The highest BCUT2D eigenvalue weighted by molar-refractivity contribution is 7.13. The molecule has 0 spiro atoms. The summed E-state index contributed by atoms with van der Waals surface area (Å²) in [5.41, 5.74) is 1.83. The Kier molecular flexibility index (Phi) is 3.70. The molecule has 0 aromatic carbocycles. The van der Waals surface area contributed by atoms with Gasteiger partial charge in [0.05, 0.1) is 21.4 Å². The molecule has 1 aliphatic heterocycles. The van der Waals surface area contributed by atoms with Crippen molar-refractivity contribution in [2.75, 3.05) is 38.1 Å². The summed E-state index contributed by atoms with van der Waals surface area (Å²) in [5.74, 6) is 0.929. The van der Waals surface area contributed by atoms with Crippen LogP contribution in [0.2, 0.25) is 0 Å². The van der Waals surface area contributed by atoms with Crippen LogP contribution in [-0.2, 0) is 6.54 Å². The number of tetrazole rings is 1. The minimum absolute atomic E-state index is 0.744. The molecule has 8 heteroatoms. The van der Waals surface area contributed by atoms with Gasteiger partial charge in [0, 0.05) is 26.2 Å². The first-order valence-electron chi connectivity index (χ1n) is 7.90. The van der Waals surface area contributed by atoms with E-state index in [1.807, 2.05) is 23.7 Å². The quantitative estimate of drug-likeness (QED) is 0.668. The first kappa shape index (κ1) is 14.5. The average Bonchev–Trinajstić information content (AvgIpc) is 3.24. The van der Waals surface area contributed by atoms with Gasteiger partial charge in [0.15, 0.2) is 5.69 Å². The second-order valence-electron chi connectivity index (χ2n) is 5.75. The molecule has 3 aromatic rings. The van der Waals surface area contributed by atoms with Gasteiger partial charge in [-0.05, 0) is 30.2 Å². The van der Waals surface area contributed by atoms with Gasteiger partial charge >= 0.3 is 5.65 Å². The number of rotatable bonds is 3. The maximum atomic E-state index is 4.74. The number of piperazine rings is 1. The Labute approximate surface area is 138 Å². The molecule has 1 saturated heterocycles. The van der Waals surface area contributed by atoms with Gasteiger partial charge in [-0.2, -0.15) is 0 Å². The maximum absolute atomic E-state index is 4.74. The van der Waals surface area contributed by atoms with Crippen LogP contribution in [0.25, 0.3) is 16.2 Å². The molecule has 7 nitrogen and oxygen atoms in total. The molecule has 4 heterocycles. The molecule has 1 fully saturated rings. The zero-order valence-electron chi connectivity index (χ0n) is 13.4. The van der Waals surface area contributed by atoms with Crippen LogP contribution in [0.5, 0.6) is 0 Å². The fraction of sp³-hybridized carbons (Fsp3) is 0.467. The zero-order chi connectivity index (χ0) is 15.8. The normalized spacial score (nSPS) is 16.3. The lowest BCUT2D eigenvalue weighted by Crippen LogP contribution is -2.45. The van der Waals surface area contributed by atoms with Gasteiger partial charge in [0.25, 0.3) is 0 Å². The highest BCUT2D eigenvalue weighted by atomic mass is 32.1. The van der Waals surface area contributed by atoms with Crippen molar-refractivity contribution in [3.8, 4) is 10.6 Å². The van der Waals surface area contributed by atoms with E-state index in [1.54, 1.807) is 16.1 Å². The first-order valence-corrected chi connectivity index (χ1v) is 8.78. The van der Waals surface area contributed by atoms with Crippen LogP contribution in [0.4, 0.5) is 5.82 Å². The van der Waals surface area contributed by atoms with E-state index in [1.165, 1.54) is 0 Å². The maximum Gasteiger partial charge on any atom is 0.370 e. The fourth-order valence-corrected chi connectivity index (χ4v) is 3.54. The molecule has 0 N–H and O–H groups in total. The van der Waals surface area contributed by atoms with Crippen LogP contribution in [0.15, 0.2) is 23.7 Å². The van der Waals surface area contributed by atoms with Crippen molar-refractivity contribution < 1.29 is 4.52 Å². The van der Waals surface area contributed by atoms with E-state index in [2.05, 4.69) is 38.6 Å². The van der Waals surface area contributed by atoms with Crippen molar-refractivity contribution in [3.63, 3.8) is 0 Å². The second-order valence-corrected chi connectivity index (χ2v) is 6.70. The summed E-state index contributed by atoms with van der Waals surface area (Å²) in [6.07, 6.45) is 1.92. The standard InChI is InChI=1S/C15H20N7S/c1-3-21-17-15-14(20-8-6-19(2)7-9-20)16-11-12(22(15)18-21)13-5-4-10-23-13/h4-5,10-11H,3,6-9H2,1-2H3/q+1. The summed E-state index contributed by atoms with van der Waals surface area (Å²) < 4.78 is 1.93. The van der Waals surface area contributed by atoms with Crippen LogP contribution < -0.4 is 9.42 Å². The van der Waals surface area contributed by atoms with E-state index in [0.717, 1.165) is 54.8 Å². The van der Waals surface area contributed by atoms with E-state index < -0.39 is 0 Å². The van der Waals surface area contributed by atoms with Crippen molar-refractivity contribution in [2.24, 2.45) is 0 Å². The Hall–Kier alpha value is -2.06. The molecule has 4 rings (SSSR count). The van der Waals surface area contributed by atoms with E-state index in [0.29, 0.717) is 0 Å². The SMILES string of the molecule is CCn1nc2c(N3CCN(C)CC3)ncc(-c3cccs3)[n+]2n1. The predicted octanol–water partition coefficient (Wildman–Crippen LogP) is 0.912. The highest BCUT2D eigenvalue weighted by Crippen LogP contribution is 2.24. The summed E-state index contributed by atoms with van der Waals surface area (Å²) in [4.78, 5) is 12.3. The number of hydrogen-bond donors (Lipinski definition) is 0. The average molecular weight is 330 g/mol. The zero-order valence-corrected chi connectivity index (χ0v) is 14.2. The molecule has 0 saturated carbocycles. The summed E-state index contributed by atoms with van der Waals surface area (Å²) in [7, 11) is 2.16. The summed E-state index contributed by atoms with van der Waals surface area (Å²) in [6.45, 7) is 6.82.